The topological polar surface area (TPSA) is 26.0 Å². The Bertz CT molecular complexity index is 76.2. The van der Waals surface area contributed by atoms with E-state index in [1.54, 1.807) is 0 Å². The second-order valence-electron chi connectivity index (χ2n) is 2.82. The van der Waals surface area contributed by atoms with Gasteiger partial charge in [-0.2, -0.15) is 0 Å². The second kappa shape index (κ2) is 1.22. The van der Waals surface area contributed by atoms with Crippen LogP contribution in [-0.4, -0.2) is 6.04 Å². The van der Waals surface area contributed by atoms with Gasteiger partial charge in [0.15, 0.2) is 0 Å². The monoisotopic (exact) mass is 99.1 g/mol. The van der Waals surface area contributed by atoms with Crippen molar-refractivity contribution in [2.24, 2.45) is 11.1 Å². The SMILES string of the molecule is CC[C@]1(C)C[C@@H]1N. The highest BCUT2D eigenvalue weighted by molar-refractivity contribution is 5.01. The van der Waals surface area contributed by atoms with E-state index >= 15 is 0 Å². The van der Waals surface area contributed by atoms with Gasteiger partial charge in [-0.25, -0.2) is 0 Å². The third-order valence-corrected chi connectivity index (χ3v) is 2.23. The van der Waals surface area contributed by atoms with Gasteiger partial charge in [-0.1, -0.05) is 13.8 Å². The Balaban J connectivity index is 2.36. The summed E-state index contributed by atoms with van der Waals surface area (Å²) in [6.07, 6.45) is 2.48. The highest BCUT2D eigenvalue weighted by Crippen LogP contribution is 2.46. The van der Waals surface area contributed by atoms with Gasteiger partial charge in [-0.15, -0.1) is 0 Å². The van der Waals surface area contributed by atoms with Crippen LogP contribution >= 0.6 is 0 Å². The van der Waals surface area contributed by atoms with Crippen LogP contribution in [0, 0.1) is 5.41 Å². The Kier molecular flexibility index (Phi) is 0.890. The van der Waals surface area contributed by atoms with Crippen molar-refractivity contribution >= 4 is 0 Å². The molecule has 42 valence electrons. The van der Waals surface area contributed by atoms with Crippen LogP contribution in [0.25, 0.3) is 0 Å². The zero-order valence-electron chi connectivity index (χ0n) is 5.07. The van der Waals surface area contributed by atoms with Gasteiger partial charge in [0, 0.05) is 6.04 Å². The molecule has 1 fully saturated rings. The van der Waals surface area contributed by atoms with Gasteiger partial charge in [-0.3, -0.25) is 0 Å². The minimum absolute atomic E-state index is 0.512. The van der Waals surface area contributed by atoms with Crippen LogP contribution in [0.15, 0.2) is 0 Å². The smallest absolute Gasteiger partial charge is 0.00991 e. The fourth-order valence-corrected chi connectivity index (χ4v) is 0.850. The van der Waals surface area contributed by atoms with E-state index in [0.717, 1.165) is 0 Å². The lowest BCUT2D eigenvalue weighted by Crippen LogP contribution is -2.08. The molecular formula is C6H13N. The van der Waals surface area contributed by atoms with Gasteiger partial charge in [0.25, 0.3) is 0 Å². The lowest BCUT2D eigenvalue weighted by atomic mass is 10.1. The van der Waals surface area contributed by atoms with Gasteiger partial charge in [0.1, 0.15) is 0 Å². The molecule has 1 heteroatoms. The molecule has 0 radical (unpaired) electrons. The van der Waals surface area contributed by atoms with E-state index in [4.69, 9.17) is 5.73 Å². The maximum atomic E-state index is 5.61. The Morgan fingerprint density at radius 3 is 2.29 bits per heavy atom. The molecule has 1 nitrogen and oxygen atoms in total. The summed E-state index contributed by atoms with van der Waals surface area (Å²) in [5.41, 5.74) is 6.14. The third-order valence-electron chi connectivity index (χ3n) is 2.23. The van der Waals surface area contributed by atoms with E-state index in [0.29, 0.717) is 11.5 Å². The zero-order valence-corrected chi connectivity index (χ0v) is 5.07. The first kappa shape index (κ1) is 5.10. The summed E-state index contributed by atoms with van der Waals surface area (Å²) in [7, 11) is 0. The van der Waals surface area contributed by atoms with Gasteiger partial charge in [0.05, 0.1) is 0 Å². The van der Waals surface area contributed by atoms with E-state index in [1.807, 2.05) is 0 Å². The number of rotatable bonds is 1. The molecule has 7 heavy (non-hydrogen) atoms. The van der Waals surface area contributed by atoms with Crippen molar-refractivity contribution in [3.63, 3.8) is 0 Å². The van der Waals surface area contributed by atoms with Gasteiger partial charge < -0.3 is 5.73 Å². The van der Waals surface area contributed by atoms with E-state index in [2.05, 4.69) is 13.8 Å². The molecule has 2 atom stereocenters. The minimum Gasteiger partial charge on any atom is -0.327 e. The summed E-state index contributed by atoms with van der Waals surface area (Å²) < 4.78 is 0. The quantitative estimate of drug-likeness (QED) is 0.524. The highest BCUT2D eigenvalue weighted by Gasteiger charge is 2.45. The number of hydrogen-bond acceptors (Lipinski definition) is 1. The van der Waals surface area contributed by atoms with Crippen molar-refractivity contribution in [1.82, 2.24) is 0 Å². The van der Waals surface area contributed by atoms with Crippen LogP contribution < -0.4 is 5.73 Å². The van der Waals surface area contributed by atoms with Crippen LogP contribution in [0.4, 0.5) is 0 Å². The molecule has 0 aliphatic heterocycles. The fraction of sp³-hybridized carbons (Fsp3) is 1.00. The highest BCUT2D eigenvalue weighted by atomic mass is 14.8. The van der Waals surface area contributed by atoms with Crippen LogP contribution in [0.5, 0.6) is 0 Å². The molecule has 0 unspecified atom stereocenters. The molecular weight excluding hydrogens is 86.1 g/mol. The molecule has 1 aliphatic carbocycles. The molecule has 1 rings (SSSR count). The summed E-state index contributed by atoms with van der Waals surface area (Å²) in [6, 6.07) is 0.512. The van der Waals surface area contributed by atoms with E-state index in [9.17, 15) is 0 Å². The molecule has 2 N–H and O–H groups in total. The van der Waals surface area contributed by atoms with E-state index in [1.165, 1.54) is 12.8 Å². The Hall–Kier alpha value is -0.0400. The third kappa shape index (κ3) is 0.653. The zero-order chi connectivity index (χ0) is 5.49. The molecule has 0 bridgehead atoms. The first-order valence-electron chi connectivity index (χ1n) is 2.94. The van der Waals surface area contributed by atoms with Crippen molar-refractivity contribution in [2.45, 2.75) is 32.7 Å². The molecule has 0 heterocycles. The Morgan fingerprint density at radius 2 is 2.29 bits per heavy atom. The van der Waals surface area contributed by atoms with Crippen LogP contribution in [0.1, 0.15) is 26.7 Å². The van der Waals surface area contributed by atoms with Crippen molar-refractivity contribution in [3.8, 4) is 0 Å². The van der Waals surface area contributed by atoms with Crippen LogP contribution in [0.3, 0.4) is 0 Å². The van der Waals surface area contributed by atoms with Crippen molar-refractivity contribution in [1.29, 1.82) is 0 Å². The van der Waals surface area contributed by atoms with Crippen molar-refractivity contribution in [2.75, 3.05) is 0 Å². The van der Waals surface area contributed by atoms with E-state index in [-0.39, 0.29) is 0 Å². The number of hydrogen-bond donors (Lipinski definition) is 1. The Labute approximate surface area is 44.9 Å². The summed E-state index contributed by atoms with van der Waals surface area (Å²) >= 11 is 0. The minimum atomic E-state index is 0.512. The first-order chi connectivity index (χ1) is 3.19. The summed E-state index contributed by atoms with van der Waals surface area (Å²) in [5, 5.41) is 0. The lowest BCUT2D eigenvalue weighted by molar-refractivity contribution is 0.526. The summed E-state index contributed by atoms with van der Waals surface area (Å²) in [4.78, 5) is 0. The average molecular weight is 99.2 g/mol. The second-order valence-corrected chi connectivity index (χ2v) is 2.82. The molecule has 0 saturated heterocycles. The lowest BCUT2D eigenvalue weighted by Gasteiger charge is -2.00. The predicted molar refractivity (Wildman–Crippen MR) is 31.0 cm³/mol. The standard InChI is InChI=1S/C6H13N/c1-3-6(2)4-5(6)7/h5H,3-4,7H2,1-2H3/t5-,6+/m0/s1. The van der Waals surface area contributed by atoms with Gasteiger partial charge in [0.2, 0.25) is 0 Å². The summed E-state index contributed by atoms with van der Waals surface area (Å²) in [5.74, 6) is 0. The van der Waals surface area contributed by atoms with Crippen molar-refractivity contribution in [3.05, 3.63) is 0 Å². The molecule has 1 aliphatic rings. The van der Waals surface area contributed by atoms with Crippen molar-refractivity contribution < 1.29 is 0 Å². The molecule has 0 aromatic rings. The molecule has 0 amide bonds. The number of nitrogens with two attached hydrogens (primary N) is 1. The van der Waals surface area contributed by atoms with Crippen LogP contribution in [0.2, 0.25) is 0 Å². The van der Waals surface area contributed by atoms with E-state index < -0.39 is 0 Å². The van der Waals surface area contributed by atoms with Gasteiger partial charge >= 0.3 is 0 Å². The predicted octanol–water partition coefficient (Wildman–Crippen LogP) is 1.13. The molecule has 0 aromatic heterocycles. The largest absolute Gasteiger partial charge is 0.327 e. The molecule has 0 aromatic carbocycles. The first-order valence-corrected chi connectivity index (χ1v) is 2.94. The maximum Gasteiger partial charge on any atom is 0.00991 e. The summed E-state index contributed by atoms with van der Waals surface area (Å²) in [6.45, 7) is 4.45. The Morgan fingerprint density at radius 1 is 1.86 bits per heavy atom. The molecule has 0 spiro atoms. The van der Waals surface area contributed by atoms with Gasteiger partial charge in [-0.05, 0) is 18.3 Å². The average Bonchev–Trinajstić information content (AvgIpc) is 2.18. The maximum absolute atomic E-state index is 5.61. The van der Waals surface area contributed by atoms with Crippen LogP contribution in [-0.2, 0) is 0 Å². The normalized spacial score (nSPS) is 49.3. The fourth-order valence-electron chi connectivity index (χ4n) is 0.850. The molecule has 1 saturated carbocycles.